The molecule has 0 aromatic heterocycles. The average molecular weight is 969 g/mol. The Bertz CT molecular complexity index is 3690. The lowest BCUT2D eigenvalue weighted by atomic mass is 9.70. The number of hydrogen-bond donors (Lipinski definition) is 0. The van der Waals surface area contributed by atoms with Crippen molar-refractivity contribution in [2.24, 2.45) is 0 Å². The second kappa shape index (κ2) is 18.0. The molecular formula is C73H64N2. The maximum absolute atomic E-state index is 2.55. The van der Waals surface area contributed by atoms with E-state index in [-0.39, 0.29) is 0 Å². The van der Waals surface area contributed by atoms with Gasteiger partial charge in [0.05, 0.1) is 5.41 Å². The lowest BCUT2D eigenvalue weighted by Crippen LogP contribution is -2.26. The van der Waals surface area contributed by atoms with Gasteiger partial charge in [-0.15, -0.1) is 0 Å². The fourth-order valence-electron chi connectivity index (χ4n) is 12.6. The Morgan fingerprint density at radius 3 is 1.07 bits per heavy atom. The molecule has 366 valence electrons. The van der Waals surface area contributed by atoms with E-state index in [2.05, 4.69) is 284 Å². The molecule has 0 saturated carbocycles. The first-order chi connectivity index (χ1) is 36.5. The van der Waals surface area contributed by atoms with Crippen LogP contribution in [0.4, 0.5) is 34.1 Å². The lowest BCUT2D eigenvalue weighted by molar-refractivity contribution is 0.797. The molecule has 13 rings (SSSR count). The highest BCUT2D eigenvalue weighted by atomic mass is 15.1. The van der Waals surface area contributed by atoms with Gasteiger partial charge in [-0.3, -0.25) is 0 Å². The Balaban J connectivity index is 1.04. The van der Waals surface area contributed by atoms with Crippen molar-refractivity contribution in [3.05, 3.63) is 263 Å². The van der Waals surface area contributed by atoms with Crippen molar-refractivity contribution in [1.29, 1.82) is 0 Å². The van der Waals surface area contributed by atoms with Crippen molar-refractivity contribution in [2.45, 2.75) is 84.5 Å². The van der Waals surface area contributed by atoms with Crippen LogP contribution in [-0.2, 0) is 5.41 Å². The standard InChI is InChI=1S/C73H64N2/c1-45(2)49-17-28-58(29-18-49)74(59-30-19-50(20-31-59)46(3)4)62-36-25-54-41-66-67-42-55-26-37-63(75(60-32-21-51(22-33-60)47(5)6)61-34-23-52(24-35-61)48(7)8)40-57(55)44-71(67)73(70(66)43-56(54)39-62)68-16-12-11-15-65(68)72-64-14-10-9-13-53(64)27-38-69(72)73/h9-48H,1-8H3. The van der Waals surface area contributed by atoms with E-state index in [0.29, 0.717) is 23.7 Å². The molecule has 0 fully saturated rings. The van der Waals surface area contributed by atoms with E-state index in [4.69, 9.17) is 0 Å². The maximum atomic E-state index is 2.55. The van der Waals surface area contributed by atoms with Crippen LogP contribution in [0.1, 0.15) is 124 Å². The largest absolute Gasteiger partial charge is 0.310 e. The van der Waals surface area contributed by atoms with Gasteiger partial charge in [0.25, 0.3) is 0 Å². The highest BCUT2D eigenvalue weighted by molar-refractivity contribution is 6.09. The minimum Gasteiger partial charge on any atom is -0.310 e. The first kappa shape index (κ1) is 46.6. The van der Waals surface area contributed by atoms with Gasteiger partial charge >= 0.3 is 0 Å². The van der Waals surface area contributed by atoms with Crippen LogP contribution in [0.3, 0.4) is 0 Å². The van der Waals surface area contributed by atoms with Gasteiger partial charge in [0.2, 0.25) is 0 Å². The molecule has 2 aliphatic rings. The molecule has 0 unspecified atom stereocenters. The van der Waals surface area contributed by atoms with Crippen molar-refractivity contribution >= 4 is 66.4 Å². The zero-order valence-corrected chi connectivity index (χ0v) is 44.5. The van der Waals surface area contributed by atoms with Crippen molar-refractivity contribution in [1.82, 2.24) is 0 Å². The summed E-state index contributed by atoms with van der Waals surface area (Å²) < 4.78 is 0. The van der Waals surface area contributed by atoms with Gasteiger partial charge in [-0.2, -0.15) is 0 Å². The predicted molar refractivity (Wildman–Crippen MR) is 321 cm³/mol. The molecule has 0 radical (unpaired) electrons. The Morgan fingerprint density at radius 2 is 0.640 bits per heavy atom. The van der Waals surface area contributed by atoms with Gasteiger partial charge in [-0.1, -0.05) is 177 Å². The smallest absolute Gasteiger partial charge is 0.0726 e. The summed E-state index contributed by atoms with van der Waals surface area (Å²) in [6, 6.07) is 84.0. The third kappa shape index (κ3) is 7.51. The molecule has 0 heterocycles. The fraction of sp³-hybridized carbons (Fsp3) is 0.178. The monoisotopic (exact) mass is 969 g/mol. The molecule has 0 atom stereocenters. The van der Waals surface area contributed by atoms with Crippen LogP contribution in [0.15, 0.2) is 218 Å². The van der Waals surface area contributed by atoms with Crippen molar-refractivity contribution in [3.8, 4) is 22.3 Å². The van der Waals surface area contributed by atoms with E-state index in [1.807, 2.05) is 0 Å². The lowest BCUT2D eigenvalue weighted by Gasteiger charge is -2.31. The molecule has 2 aliphatic carbocycles. The number of nitrogens with zero attached hydrogens (tertiary/aromatic N) is 2. The molecule has 0 saturated heterocycles. The van der Waals surface area contributed by atoms with Gasteiger partial charge < -0.3 is 9.80 Å². The molecular weight excluding hydrogens is 905 g/mol. The zero-order valence-electron chi connectivity index (χ0n) is 44.5. The molecule has 0 aliphatic heterocycles. The van der Waals surface area contributed by atoms with Gasteiger partial charge in [-0.25, -0.2) is 0 Å². The summed E-state index contributed by atoms with van der Waals surface area (Å²) >= 11 is 0. The number of fused-ring (bicyclic) bond motifs is 14. The van der Waals surface area contributed by atoms with Crippen LogP contribution in [0.2, 0.25) is 0 Å². The second-order valence-corrected chi connectivity index (χ2v) is 22.5. The minimum absolute atomic E-state index is 0.454. The Kier molecular flexibility index (Phi) is 11.2. The van der Waals surface area contributed by atoms with E-state index in [1.54, 1.807) is 0 Å². The molecule has 2 nitrogen and oxygen atoms in total. The molecule has 11 aromatic rings. The molecule has 0 bridgehead atoms. The van der Waals surface area contributed by atoms with Crippen molar-refractivity contribution in [3.63, 3.8) is 0 Å². The number of hydrogen-bond acceptors (Lipinski definition) is 2. The minimum atomic E-state index is -0.562. The summed E-state index contributed by atoms with van der Waals surface area (Å²) in [6.07, 6.45) is 0. The molecule has 2 heteroatoms. The normalized spacial score (nSPS) is 13.1. The van der Waals surface area contributed by atoms with Gasteiger partial charge in [0.1, 0.15) is 0 Å². The maximum Gasteiger partial charge on any atom is 0.0726 e. The quantitative estimate of drug-likeness (QED) is 0.135. The van der Waals surface area contributed by atoms with Crippen LogP contribution in [-0.4, -0.2) is 0 Å². The van der Waals surface area contributed by atoms with Gasteiger partial charge in [0, 0.05) is 34.1 Å². The van der Waals surface area contributed by atoms with E-state index in [1.165, 1.54) is 99.1 Å². The van der Waals surface area contributed by atoms with Crippen LogP contribution in [0.5, 0.6) is 0 Å². The second-order valence-electron chi connectivity index (χ2n) is 22.5. The molecule has 75 heavy (non-hydrogen) atoms. The van der Waals surface area contributed by atoms with E-state index in [9.17, 15) is 0 Å². The molecule has 11 aromatic carbocycles. The van der Waals surface area contributed by atoms with E-state index >= 15 is 0 Å². The number of anilines is 6. The third-order valence-corrected chi connectivity index (χ3v) is 16.7. The SMILES string of the molecule is CC(C)c1ccc(N(c2ccc(C(C)C)cc2)c2ccc3cc4c(cc3c2)C2(c3cc5cc(N(c6ccc(C(C)C)cc6)c6ccc(C(C)C)cc6)ccc5cc3-4)c3ccccc3-c3c2ccc2ccccc32)cc1. The van der Waals surface area contributed by atoms with Crippen LogP contribution < -0.4 is 9.80 Å². The van der Waals surface area contributed by atoms with Crippen molar-refractivity contribution < 1.29 is 0 Å². The number of benzene rings is 11. The summed E-state index contributed by atoms with van der Waals surface area (Å²) in [4.78, 5) is 4.87. The molecule has 0 amide bonds. The van der Waals surface area contributed by atoms with E-state index in [0.717, 1.165) is 34.1 Å². The highest BCUT2D eigenvalue weighted by Gasteiger charge is 2.52. The summed E-state index contributed by atoms with van der Waals surface area (Å²) in [5.74, 6) is 1.82. The molecule has 1 spiro atoms. The summed E-state index contributed by atoms with van der Waals surface area (Å²) in [7, 11) is 0. The summed E-state index contributed by atoms with van der Waals surface area (Å²) in [5, 5.41) is 7.47. The van der Waals surface area contributed by atoms with Crippen LogP contribution in [0.25, 0.3) is 54.6 Å². The topological polar surface area (TPSA) is 6.48 Å². The zero-order chi connectivity index (χ0) is 51.3. The fourth-order valence-corrected chi connectivity index (χ4v) is 12.6. The summed E-state index contributed by atoms with van der Waals surface area (Å²) in [5.41, 5.74) is 22.3. The number of rotatable bonds is 10. The van der Waals surface area contributed by atoms with Crippen LogP contribution in [0, 0.1) is 0 Å². The van der Waals surface area contributed by atoms with Crippen LogP contribution >= 0.6 is 0 Å². The van der Waals surface area contributed by atoms with Gasteiger partial charge in [-0.05, 0) is 220 Å². The highest BCUT2D eigenvalue weighted by Crippen LogP contribution is 2.65. The first-order valence-corrected chi connectivity index (χ1v) is 27.3. The average Bonchev–Trinajstić information content (AvgIpc) is 4.06. The van der Waals surface area contributed by atoms with E-state index < -0.39 is 5.41 Å². The Labute approximate surface area is 443 Å². The Morgan fingerprint density at radius 1 is 0.267 bits per heavy atom. The third-order valence-electron chi connectivity index (χ3n) is 16.7. The first-order valence-electron chi connectivity index (χ1n) is 27.3. The summed E-state index contributed by atoms with van der Waals surface area (Å²) in [6.45, 7) is 18.1. The molecule has 0 N–H and O–H groups in total. The van der Waals surface area contributed by atoms with Gasteiger partial charge in [0.15, 0.2) is 0 Å². The van der Waals surface area contributed by atoms with Crippen molar-refractivity contribution in [2.75, 3.05) is 9.80 Å². The Hall–Kier alpha value is -8.20. The predicted octanol–water partition coefficient (Wildman–Crippen LogP) is 20.9.